The number of pyridine rings is 2. The van der Waals surface area contributed by atoms with E-state index in [1.165, 1.54) is 0 Å². The summed E-state index contributed by atoms with van der Waals surface area (Å²) in [6, 6.07) is 13.5. The van der Waals surface area contributed by atoms with Crippen LogP contribution >= 0.6 is 0 Å². The number of aromatic nitrogens is 2. The number of nitriles is 1. The van der Waals surface area contributed by atoms with Gasteiger partial charge in [0.2, 0.25) is 0 Å². The Kier molecular flexibility index (Phi) is 5.24. The van der Waals surface area contributed by atoms with Crippen molar-refractivity contribution in [3.05, 3.63) is 54.0 Å². The SMILES string of the molecule is CN(C)CCN(Cc1ccccn1)c1cccc(C#N)n1. The largest absolute Gasteiger partial charge is 0.349 e. The topological polar surface area (TPSA) is 56.0 Å². The highest BCUT2D eigenvalue weighted by molar-refractivity contribution is 5.42. The van der Waals surface area contributed by atoms with Gasteiger partial charge in [-0.1, -0.05) is 12.1 Å². The Labute approximate surface area is 125 Å². The lowest BCUT2D eigenvalue weighted by Crippen LogP contribution is -2.32. The molecule has 0 fully saturated rings. The van der Waals surface area contributed by atoms with E-state index in [2.05, 4.69) is 25.8 Å². The summed E-state index contributed by atoms with van der Waals surface area (Å²) in [7, 11) is 4.08. The number of anilines is 1. The molecule has 0 bridgehead atoms. The molecular formula is C16H19N5. The molecule has 21 heavy (non-hydrogen) atoms. The molecule has 2 aromatic heterocycles. The Bertz CT molecular complexity index is 604. The molecule has 0 saturated carbocycles. The number of rotatable bonds is 6. The molecule has 5 heteroatoms. The third-order valence-corrected chi connectivity index (χ3v) is 3.07. The minimum atomic E-state index is 0.434. The van der Waals surface area contributed by atoms with E-state index >= 15 is 0 Å². The van der Waals surface area contributed by atoms with Crippen LogP contribution in [-0.4, -0.2) is 42.1 Å². The van der Waals surface area contributed by atoms with Crippen molar-refractivity contribution in [3.63, 3.8) is 0 Å². The van der Waals surface area contributed by atoms with Crippen LogP contribution in [0.1, 0.15) is 11.4 Å². The highest BCUT2D eigenvalue weighted by atomic mass is 15.2. The highest BCUT2D eigenvalue weighted by Crippen LogP contribution is 2.14. The molecule has 0 aliphatic rings. The molecule has 0 atom stereocenters. The molecule has 0 saturated heterocycles. The van der Waals surface area contributed by atoms with Gasteiger partial charge in [-0.3, -0.25) is 4.98 Å². The number of likely N-dealkylation sites (N-methyl/N-ethyl adjacent to an activating group) is 1. The number of nitrogens with zero attached hydrogens (tertiary/aromatic N) is 5. The van der Waals surface area contributed by atoms with Gasteiger partial charge in [-0.25, -0.2) is 4.98 Å². The van der Waals surface area contributed by atoms with E-state index in [4.69, 9.17) is 5.26 Å². The maximum absolute atomic E-state index is 9.00. The minimum absolute atomic E-state index is 0.434. The molecule has 2 aromatic rings. The maximum atomic E-state index is 9.00. The second kappa shape index (κ2) is 7.36. The van der Waals surface area contributed by atoms with Gasteiger partial charge in [0, 0.05) is 19.3 Å². The summed E-state index contributed by atoms with van der Waals surface area (Å²) in [5.41, 5.74) is 1.42. The third kappa shape index (κ3) is 4.55. The first-order valence-electron chi connectivity index (χ1n) is 6.86. The van der Waals surface area contributed by atoms with Crippen molar-refractivity contribution in [2.24, 2.45) is 0 Å². The minimum Gasteiger partial charge on any atom is -0.349 e. The molecule has 0 aliphatic heterocycles. The van der Waals surface area contributed by atoms with Crippen molar-refractivity contribution in [2.45, 2.75) is 6.54 Å². The van der Waals surface area contributed by atoms with Crippen LogP contribution in [0.15, 0.2) is 42.6 Å². The van der Waals surface area contributed by atoms with Crippen molar-refractivity contribution in [3.8, 4) is 6.07 Å². The maximum Gasteiger partial charge on any atom is 0.142 e. The van der Waals surface area contributed by atoms with Crippen LogP contribution in [-0.2, 0) is 6.54 Å². The zero-order valence-corrected chi connectivity index (χ0v) is 12.4. The predicted octanol–water partition coefficient (Wildman–Crippen LogP) is 1.92. The zero-order chi connectivity index (χ0) is 15.1. The molecule has 0 N–H and O–H groups in total. The Morgan fingerprint density at radius 2 is 1.95 bits per heavy atom. The predicted molar refractivity (Wildman–Crippen MR) is 82.8 cm³/mol. The van der Waals surface area contributed by atoms with Gasteiger partial charge in [0.15, 0.2) is 0 Å². The normalized spacial score (nSPS) is 10.4. The van der Waals surface area contributed by atoms with Crippen LogP contribution in [0.4, 0.5) is 5.82 Å². The lowest BCUT2D eigenvalue weighted by molar-refractivity contribution is 0.412. The molecule has 2 heterocycles. The first-order chi connectivity index (χ1) is 10.2. The lowest BCUT2D eigenvalue weighted by atomic mass is 10.3. The Balaban J connectivity index is 2.20. The quantitative estimate of drug-likeness (QED) is 0.809. The summed E-state index contributed by atoms with van der Waals surface area (Å²) in [4.78, 5) is 13.0. The van der Waals surface area contributed by atoms with E-state index in [1.807, 2.05) is 44.4 Å². The molecule has 0 aromatic carbocycles. The third-order valence-electron chi connectivity index (χ3n) is 3.07. The zero-order valence-electron chi connectivity index (χ0n) is 12.4. The molecule has 0 radical (unpaired) electrons. The monoisotopic (exact) mass is 281 g/mol. The van der Waals surface area contributed by atoms with Crippen LogP contribution in [0.2, 0.25) is 0 Å². The highest BCUT2D eigenvalue weighted by Gasteiger charge is 2.10. The number of hydrogen-bond donors (Lipinski definition) is 0. The van der Waals surface area contributed by atoms with Crippen molar-refractivity contribution in [1.82, 2.24) is 14.9 Å². The molecule has 0 amide bonds. The molecular weight excluding hydrogens is 262 g/mol. The van der Waals surface area contributed by atoms with Gasteiger partial charge in [-0.15, -0.1) is 0 Å². The summed E-state index contributed by atoms with van der Waals surface area (Å²) < 4.78 is 0. The van der Waals surface area contributed by atoms with Gasteiger partial charge in [0.25, 0.3) is 0 Å². The van der Waals surface area contributed by atoms with E-state index in [-0.39, 0.29) is 0 Å². The van der Waals surface area contributed by atoms with Gasteiger partial charge in [0.1, 0.15) is 17.6 Å². The van der Waals surface area contributed by atoms with E-state index in [1.54, 1.807) is 12.3 Å². The van der Waals surface area contributed by atoms with Gasteiger partial charge < -0.3 is 9.80 Å². The summed E-state index contributed by atoms with van der Waals surface area (Å²) in [6.07, 6.45) is 1.79. The Morgan fingerprint density at radius 3 is 2.62 bits per heavy atom. The fourth-order valence-corrected chi connectivity index (χ4v) is 1.94. The first-order valence-corrected chi connectivity index (χ1v) is 6.86. The standard InChI is InChI=1S/C16H19N5/c1-20(2)10-11-21(13-15-6-3-4-9-18-15)16-8-5-7-14(12-17)19-16/h3-9H,10-11,13H2,1-2H3. The van der Waals surface area contributed by atoms with Gasteiger partial charge in [-0.2, -0.15) is 5.26 Å². The fraction of sp³-hybridized carbons (Fsp3) is 0.312. The molecule has 0 aliphatic carbocycles. The van der Waals surface area contributed by atoms with Gasteiger partial charge >= 0.3 is 0 Å². The van der Waals surface area contributed by atoms with Crippen LogP contribution in [0, 0.1) is 11.3 Å². The average molecular weight is 281 g/mol. The molecule has 2 rings (SSSR count). The van der Waals surface area contributed by atoms with E-state index in [9.17, 15) is 0 Å². The molecule has 0 unspecified atom stereocenters. The molecule has 108 valence electrons. The van der Waals surface area contributed by atoms with Crippen LogP contribution in [0.25, 0.3) is 0 Å². The first kappa shape index (κ1) is 14.9. The second-order valence-corrected chi connectivity index (χ2v) is 5.04. The summed E-state index contributed by atoms with van der Waals surface area (Å²) in [5, 5.41) is 9.00. The summed E-state index contributed by atoms with van der Waals surface area (Å²) >= 11 is 0. The molecule has 5 nitrogen and oxygen atoms in total. The second-order valence-electron chi connectivity index (χ2n) is 5.04. The Morgan fingerprint density at radius 1 is 1.10 bits per heavy atom. The lowest BCUT2D eigenvalue weighted by Gasteiger charge is -2.25. The van der Waals surface area contributed by atoms with Crippen molar-refractivity contribution in [1.29, 1.82) is 5.26 Å². The fourth-order valence-electron chi connectivity index (χ4n) is 1.94. The van der Waals surface area contributed by atoms with E-state index < -0.39 is 0 Å². The van der Waals surface area contributed by atoms with Gasteiger partial charge in [-0.05, 0) is 38.4 Å². The van der Waals surface area contributed by atoms with Crippen molar-refractivity contribution < 1.29 is 0 Å². The van der Waals surface area contributed by atoms with Gasteiger partial charge in [0.05, 0.1) is 12.2 Å². The van der Waals surface area contributed by atoms with Crippen molar-refractivity contribution in [2.75, 3.05) is 32.1 Å². The van der Waals surface area contributed by atoms with Crippen LogP contribution in [0.3, 0.4) is 0 Å². The van der Waals surface area contributed by atoms with E-state index in [0.717, 1.165) is 24.6 Å². The molecule has 0 spiro atoms. The Hall–Kier alpha value is -2.45. The summed E-state index contributed by atoms with van der Waals surface area (Å²) in [6.45, 7) is 2.41. The smallest absolute Gasteiger partial charge is 0.142 e. The van der Waals surface area contributed by atoms with Crippen molar-refractivity contribution >= 4 is 5.82 Å². The summed E-state index contributed by atoms with van der Waals surface area (Å²) in [5.74, 6) is 0.807. The van der Waals surface area contributed by atoms with E-state index in [0.29, 0.717) is 12.2 Å². The van der Waals surface area contributed by atoms with Crippen LogP contribution < -0.4 is 4.90 Å². The number of hydrogen-bond acceptors (Lipinski definition) is 5. The van der Waals surface area contributed by atoms with Crippen LogP contribution in [0.5, 0.6) is 0 Å². The average Bonchev–Trinajstić information content (AvgIpc) is 2.52.